The molecule has 4 nitrogen and oxygen atoms in total. The first-order valence-corrected chi connectivity index (χ1v) is 8.02. The third-order valence-corrected chi connectivity index (χ3v) is 4.34. The fourth-order valence-corrected chi connectivity index (χ4v) is 3.08. The fraction of sp³-hybridized carbons (Fsp3) is 0.389. The predicted molar refractivity (Wildman–Crippen MR) is 85.4 cm³/mol. The number of hydrogen-bond donors (Lipinski definition) is 0. The van der Waals surface area contributed by atoms with E-state index in [9.17, 15) is 9.18 Å². The van der Waals surface area contributed by atoms with Crippen LogP contribution in [-0.2, 0) is 6.42 Å². The van der Waals surface area contributed by atoms with Gasteiger partial charge >= 0.3 is 0 Å². The van der Waals surface area contributed by atoms with Gasteiger partial charge in [-0.25, -0.2) is 9.37 Å². The van der Waals surface area contributed by atoms with Crippen LogP contribution in [0.25, 0.3) is 0 Å². The Morgan fingerprint density at radius 2 is 2.09 bits per heavy atom. The van der Waals surface area contributed by atoms with E-state index in [1.807, 2.05) is 17.0 Å². The van der Waals surface area contributed by atoms with Crippen molar-refractivity contribution in [2.75, 3.05) is 13.1 Å². The van der Waals surface area contributed by atoms with Gasteiger partial charge in [0.1, 0.15) is 11.5 Å². The Balaban J connectivity index is 1.56. The van der Waals surface area contributed by atoms with Gasteiger partial charge < -0.3 is 4.90 Å². The average molecular weight is 313 g/mol. The summed E-state index contributed by atoms with van der Waals surface area (Å²) in [6.07, 6.45) is 8.70. The zero-order chi connectivity index (χ0) is 16.1. The van der Waals surface area contributed by atoms with Gasteiger partial charge in [0.2, 0.25) is 0 Å². The highest BCUT2D eigenvalue weighted by molar-refractivity contribution is 5.92. The van der Waals surface area contributed by atoms with Crippen molar-refractivity contribution in [2.24, 2.45) is 5.92 Å². The first-order valence-electron chi connectivity index (χ1n) is 8.02. The maximum absolute atomic E-state index is 12.9. The van der Waals surface area contributed by atoms with Crippen molar-refractivity contribution in [3.8, 4) is 0 Å². The summed E-state index contributed by atoms with van der Waals surface area (Å²) in [4.78, 5) is 22.4. The molecule has 0 saturated carbocycles. The lowest BCUT2D eigenvalue weighted by Gasteiger charge is -2.32. The molecule has 0 aliphatic carbocycles. The van der Waals surface area contributed by atoms with Crippen LogP contribution in [0.2, 0.25) is 0 Å². The van der Waals surface area contributed by atoms with Crippen LogP contribution in [0.4, 0.5) is 4.39 Å². The standard InChI is InChI=1S/C18H20FN3O/c19-16-7-5-14(6-8-16)3-4-15-2-1-11-22(13-15)18(23)17-12-20-9-10-21-17/h5-10,12,15H,1-4,11,13H2. The normalized spacial score (nSPS) is 18.0. The molecule has 0 spiro atoms. The van der Waals surface area contributed by atoms with E-state index in [4.69, 9.17) is 0 Å². The lowest BCUT2D eigenvalue weighted by Crippen LogP contribution is -2.40. The third-order valence-electron chi connectivity index (χ3n) is 4.34. The van der Waals surface area contributed by atoms with Crippen molar-refractivity contribution in [3.63, 3.8) is 0 Å². The molecule has 1 amide bonds. The Hall–Kier alpha value is -2.30. The zero-order valence-electron chi connectivity index (χ0n) is 13.0. The Bertz CT molecular complexity index is 645. The summed E-state index contributed by atoms with van der Waals surface area (Å²) in [5, 5.41) is 0. The number of aromatic nitrogens is 2. The second kappa shape index (κ2) is 7.31. The second-order valence-electron chi connectivity index (χ2n) is 6.02. The second-order valence-corrected chi connectivity index (χ2v) is 6.02. The van der Waals surface area contributed by atoms with Gasteiger partial charge in [0, 0.05) is 25.5 Å². The summed E-state index contributed by atoms with van der Waals surface area (Å²) in [6.45, 7) is 1.54. The van der Waals surface area contributed by atoms with Crippen molar-refractivity contribution in [3.05, 3.63) is 59.9 Å². The van der Waals surface area contributed by atoms with Gasteiger partial charge in [-0.15, -0.1) is 0 Å². The van der Waals surface area contributed by atoms with Crippen LogP contribution in [0.5, 0.6) is 0 Å². The smallest absolute Gasteiger partial charge is 0.274 e. The van der Waals surface area contributed by atoms with E-state index in [0.717, 1.165) is 44.3 Å². The van der Waals surface area contributed by atoms with Gasteiger partial charge in [-0.2, -0.15) is 0 Å². The number of hydrogen-bond acceptors (Lipinski definition) is 3. The number of aryl methyl sites for hydroxylation is 1. The molecule has 1 aromatic heterocycles. The monoisotopic (exact) mass is 313 g/mol. The molecule has 1 aliphatic heterocycles. The molecule has 5 heteroatoms. The lowest BCUT2D eigenvalue weighted by molar-refractivity contribution is 0.0662. The van der Waals surface area contributed by atoms with Crippen LogP contribution in [0, 0.1) is 11.7 Å². The highest BCUT2D eigenvalue weighted by Crippen LogP contribution is 2.22. The van der Waals surface area contributed by atoms with Crippen molar-refractivity contribution in [2.45, 2.75) is 25.7 Å². The average Bonchev–Trinajstić information content (AvgIpc) is 2.61. The fourth-order valence-electron chi connectivity index (χ4n) is 3.08. The number of carbonyl (C=O) groups excluding carboxylic acids is 1. The number of carbonyl (C=O) groups is 1. The minimum Gasteiger partial charge on any atom is -0.337 e. The van der Waals surface area contributed by atoms with Gasteiger partial charge in [-0.3, -0.25) is 9.78 Å². The summed E-state index contributed by atoms with van der Waals surface area (Å²) in [5.74, 6) is 0.242. The van der Waals surface area contributed by atoms with Crippen LogP contribution in [0.15, 0.2) is 42.9 Å². The molecule has 3 rings (SSSR count). The molecular formula is C18H20FN3O. The highest BCUT2D eigenvalue weighted by atomic mass is 19.1. The Morgan fingerprint density at radius 1 is 1.26 bits per heavy atom. The van der Waals surface area contributed by atoms with Gasteiger partial charge in [0.05, 0.1) is 6.20 Å². The molecule has 1 aromatic carbocycles. The Kier molecular flexibility index (Phi) is 4.95. The van der Waals surface area contributed by atoms with Gasteiger partial charge in [-0.1, -0.05) is 12.1 Å². The summed E-state index contributed by atoms with van der Waals surface area (Å²) in [7, 11) is 0. The number of benzene rings is 1. The summed E-state index contributed by atoms with van der Waals surface area (Å²) in [5.41, 5.74) is 1.55. The van der Waals surface area contributed by atoms with Crippen LogP contribution in [-0.4, -0.2) is 33.9 Å². The van der Waals surface area contributed by atoms with Crippen LogP contribution < -0.4 is 0 Å². The van der Waals surface area contributed by atoms with Gasteiger partial charge in [0.15, 0.2) is 0 Å². The largest absolute Gasteiger partial charge is 0.337 e. The van der Waals surface area contributed by atoms with E-state index in [-0.39, 0.29) is 11.7 Å². The predicted octanol–water partition coefficient (Wildman–Crippen LogP) is 3.10. The van der Waals surface area contributed by atoms with Crippen molar-refractivity contribution < 1.29 is 9.18 Å². The maximum atomic E-state index is 12.9. The number of nitrogens with zero attached hydrogens (tertiary/aromatic N) is 3. The molecule has 2 aromatic rings. The van der Waals surface area contributed by atoms with Crippen LogP contribution >= 0.6 is 0 Å². The molecule has 0 bridgehead atoms. The number of rotatable bonds is 4. The van der Waals surface area contributed by atoms with Crippen molar-refractivity contribution in [1.82, 2.24) is 14.9 Å². The first-order chi connectivity index (χ1) is 11.2. The molecule has 1 saturated heterocycles. The summed E-state index contributed by atoms with van der Waals surface area (Å²) < 4.78 is 12.9. The van der Waals surface area contributed by atoms with E-state index < -0.39 is 0 Å². The van der Waals surface area contributed by atoms with Crippen LogP contribution in [0.3, 0.4) is 0 Å². The van der Waals surface area contributed by atoms with E-state index in [1.54, 1.807) is 12.4 Å². The molecule has 0 radical (unpaired) electrons. The molecule has 0 N–H and O–H groups in total. The number of amides is 1. The van der Waals surface area contributed by atoms with Crippen molar-refractivity contribution in [1.29, 1.82) is 0 Å². The number of likely N-dealkylation sites (tertiary alicyclic amines) is 1. The first kappa shape index (κ1) is 15.6. The molecule has 120 valence electrons. The van der Waals surface area contributed by atoms with E-state index >= 15 is 0 Å². The SMILES string of the molecule is O=C(c1cnccn1)N1CCCC(CCc2ccc(F)cc2)C1. The Morgan fingerprint density at radius 3 is 2.83 bits per heavy atom. The van der Waals surface area contributed by atoms with Crippen LogP contribution in [0.1, 0.15) is 35.3 Å². The van der Waals surface area contributed by atoms with E-state index in [0.29, 0.717) is 11.6 Å². The van der Waals surface area contributed by atoms with Gasteiger partial charge in [-0.05, 0) is 49.3 Å². The summed E-state index contributed by atoms with van der Waals surface area (Å²) in [6, 6.07) is 6.67. The molecule has 2 heterocycles. The Labute approximate surface area is 135 Å². The number of piperidine rings is 1. The highest BCUT2D eigenvalue weighted by Gasteiger charge is 2.25. The minimum absolute atomic E-state index is 0.0374. The quantitative estimate of drug-likeness (QED) is 0.871. The lowest BCUT2D eigenvalue weighted by atomic mass is 9.91. The minimum atomic E-state index is -0.202. The van der Waals surface area contributed by atoms with E-state index in [1.165, 1.54) is 18.3 Å². The topological polar surface area (TPSA) is 46.1 Å². The number of halogens is 1. The molecule has 23 heavy (non-hydrogen) atoms. The zero-order valence-corrected chi connectivity index (χ0v) is 13.0. The molecular weight excluding hydrogens is 293 g/mol. The summed E-state index contributed by atoms with van der Waals surface area (Å²) >= 11 is 0. The van der Waals surface area contributed by atoms with E-state index in [2.05, 4.69) is 9.97 Å². The van der Waals surface area contributed by atoms with Gasteiger partial charge in [0.25, 0.3) is 5.91 Å². The van der Waals surface area contributed by atoms with Crippen molar-refractivity contribution >= 4 is 5.91 Å². The molecule has 1 aliphatic rings. The molecule has 1 fully saturated rings. The molecule has 1 atom stereocenters. The molecule has 1 unspecified atom stereocenters. The maximum Gasteiger partial charge on any atom is 0.274 e. The third kappa shape index (κ3) is 4.12.